The third kappa shape index (κ3) is 5.42. The molecule has 2 atom stereocenters. The highest BCUT2D eigenvalue weighted by Gasteiger charge is 2.46. The summed E-state index contributed by atoms with van der Waals surface area (Å²) in [5.74, 6) is -2.19. The summed E-state index contributed by atoms with van der Waals surface area (Å²) < 4.78 is 0.791. The molecule has 39 heavy (non-hydrogen) atoms. The molecule has 0 radical (unpaired) electrons. The van der Waals surface area contributed by atoms with Crippen LogP contribution < -0.4 is 4.90 Å². The minimum absolute atomic E-state index is 0.209. The first kappa shape index (κ1) is 26.9. The zero-order valence-electron chi connectivity index (χ0n) is 20.9. The van der Waals surface area contributed by atoms with Crippen molar-refractivity contribution in [2.45, 2.75) is 25.6 Å². The fourth-order valence-electron chi connectivity index (χ4n) is 4.87. The molecule has 4 aromatic carbocycles. The monoisotopic (exact) mass is 650 g/mol. The Morgan fingerprint density at radius 3 is 2.26 bits per heavy atom. The van der Waals surface area contributed by atoms with Gasteiger partial charge in [-0.15, -0.1) is 0 Å². The van der Waals surface area contributed by atoms with Crippen LogP contribution in [-0.2, 0) is 16.1 Å². The van der Waals surface area contributed by atoms with E-state index in [0.717, 1.165) is 14.7 Å². The molecule has 0 spiro atoms. The number of aliphatic carboxylic acids is 1. The summed E-state index contributed by atoms with van der Waals surface area (Å²) in [6.45, 7) is 2.20. The molecule has 1 aliphatic rings. The zero-order valence-corrected chi connectivity index (χ0v) is 23.8. The van der Waals surface area contributed by atoms with Crippen LogP contribution in [0.15, 0.2) is 97.1 Å². The molecule has 0 saturated carbocycles. The van der Waals surface area contributed by atoms with Crippen molar-refractivity contribution in [2.75, 3.05) is 4.90 Å². The molecule has 0 aliphatic carbocycles. The van der Waals surface area contributed by atoms with Crippen molar-refractivity contribution in [2.24, 2.45) is 0 Å². The van der Waals surface area contributed by atoms with Crippen LogP contribution in [0.4, 0.5) is 5.69 Å². The average Bonchev–Trinajstić information content (AvgIpc) is 3.00. The number of carbonyl (C=O) groups excluding carboxylic acids is 2. The first-order valence-corrected chi connectivity index (χ1v) is 13.7. The van der Waals surface area contributed by atoms with E-state index >= 15 is 0 Å². The molecular formula is C31H24ClIN2O4. The summed E-state index contributed by atoms with van der Waals surface area (Å²) in [6, 6.07) is 25.6. The first-order valence-electron chi connectivity index (χ1n) is 12.3. The van der Waals surface area contributed by atoms with Crippen LogP contribution in [0.1, 0.15) is 44.7 Å². The number of benzene rings is 4. The van der Waals surface area contributed by atoms with Gasteiger partial charge in [0.05, 0.1) is 17.8 Å². The quantitative estimate of drug-likeness (QED) is 0.233. The van der Waals surface area contributed by atoms with E-state index in [1.54, 1.807) is 71.6 Å². The van der Waals surface area contributed by atoms with Crippen LogP contribution >= 0.6 is 34.2 Å². The maximum Gasteiger partial charge on any atom is 0.331 e. The number of anilines is 1. The number of amides is 2. The minimum Gasteiger partial charge on any atom is -0.479 e. The molecule has 1 heterocycles. The smallest absolute Gasteiger partial charge is 0.331 e. The van der Waals surface area contributed by atoms with Crippen LogP contribution in [0.5, 0.6) is 0 Å². The molecule has 2 amide bonds. The fraction of sp³-hybridized carbons (Fsp3) is 0.129. The Balaban J connectivity index is 1.76. The summed E-state index contributed by atoms with van der Waals surface area (Å²) in [5, 5.41) is 10.9. The lowest BCUT2D eigenvalue weighted by Gasteiger charge is -2.35. The van der Waals surface area contributed by atoms with Gasteiger partial charge < -0.3 is 14.9 Å². The Morgan fingerprint density at radius 1 is 0.949 bits per heavy atom. The van der Waals surface area contributed by atoms with E-state index in [-0.39, 0.29) is 12.1 Å². The highest BCUT2D eigenvalue weighted by Crippen LogP contribution is 2.41. The largest absolute Gasteiger partial charge is 0.479 e. The zero-order chi connectivity index (χ0) is 27.7. The van der Waals surface area contributed by atoms with Gasteiger partial charge in [-0.05, 0) is 76.5 Å². The van der Waals surface area contributed by atoms with Crippen molar-refractivity contribution >= 4 is 57.7 Å². The molecule has 0 aromatic heterocycles. The van der Waals surface area contributed by atoms with Gasteiger partial charge in [0.25, 0.3) is 11.8 Å². The number of carbonyl (C=O) groups is 3. The lowest BCUT2D eigenvalue weighted by molar-refractivity contribution is -0.144. The van der Waals surface area contributed by atoms with Gasteiger partial charge in [-0.2, -0.15) is 0 Å². The number of halogens is 2. The molecule has 0 saturated heterocycles. The standard InChI is InChI=1S/C31H24ClIN2O4/c1-19-7-9-20(10-8-19)18-34-26-16-15-24(33)17-25(26)29(36)35(28(31(38)39)21-5-3-2-4-6-21)27(30(34)37)22-11-13-23(32)14-12-22/h2-17,27-28H,18H2,1H3,(H,38,39). The van der Waals surface area contributed by atoms with Crippen molar-refractivity contribution in [3.63, 3.8) is 0 Å². The number of hydrogen-bond donors (Lipinski definition) is 1. The van der Waals surface area contributed by atoms with E-state index in [9.17, 15) is 19.5 Å². The number of nitrogens with zero attached hydrogens (tertiary/aromatic N) is 2. The number of carboxylic acid groups (broad SMARTS) is 1. The van der Waals surface area contributed by atoms with Crippen molar-refractivity contribution in [3.8, 4) is 0 Å². The van der Waals surface area contributed by atoms with Gasteiger partial charge in [0.2, 0.25) is 0 Å². The van der Waals surface area contributed by atoms with Gasteiger partial charge >= 0.3 is 5.97 Å². The Labute approximate surface area is 245 Å². The predicted octanol–water partition coefficient (Wildman–Crippen LogP) is 6.81. The second-order valence-corrected chi connectivity index (χ2v) is 11.1. The Hall–Kier alpha value is -3.69. The molecule has 6 nitrogen and oxygen atoms in total. The number of rotatable bonds is 6. The predicted molar refractivity (Wildman–Crippen MR) is 159 cm³/mol. The third-order valence-electron chi connectivity index (χ3n) is 6.77. The summed E-state index contributed by atoms with van der Waals surface area (Å²) in [4.78, 5) is 44.6. The number of carboxylic acids is 1. The molecule has 196 valence electrons. The minimum atomic E-state index is -1.41. The summed E-state index contributed by atoms with van der Waals surface area (Å²) in [7, 11) is 0. The molecule has 2 unspecified atom stereocenters. The molecule has 1 N–H and O–H groups in total. The van der Waals surface area contributed by atoms with Crippen LogP contribution in [0.3, 0.4) is 0 Å². The normalized spacial score (nSPS) is 16.0. The van der Waals surface area contributed by atoms with Crippen LogP contribution in [0.25, 0.3) is 0 Å². The summed E-state index contributed by atoms with van der Waals surface area (Å²) in [5.41, 5.74) is 3.53. The van der Waals surface area contributed by atoms with Gasteiger partial charge in [-0.1, -0.05) is 83.9 Å². The fourth-order valence-corrected chi connectivity index (χ4v) is 5.48. The Morgan fingerprint density at radius 2 is 1.62 bits per heavy atom. The van der Waals surface area contributed by atoms with E-state index in [1.165, 1.54) is 4.90 Å². The van der Waals surface area contributed by atoms with Gasteiger partial charge in [-0.3, -0.25) is 9.59 Å². The van der Waals surface area contributed by atoms with Crippen LogP contribution in [0, 0.1) is 10.5 Å². The van der Waals surface area contributed by atoms with Gasteiger partial charge in [0.1, 0.15) is 6.04 Å². The molecule has 0 bridgehead atoms. The second-order valence-electron chi connectivity index (χ2n) is 9.39. The SMILES string of the molecule is Cc1ccc(CN2C(=O)C(c3ccc(Cl)cc3)N(C(C(=O)O)c3ccccc3)C(=O)c3cc(I)ccc32)cc1. The average molecular weight is 651 g/mol. The third-order valence-corrected chi connectivity index (χ3v) is 7.69. The van der Waals surface area contributed by atoms with Crippen LogP contribution in [0.2, 0.25) is 5.02 Å². The lowest BCUT2D eigenvalue weighted by atomic mass is 9.97. The van der Waals surface area contributed by atoms with E-state index in [1.807, 2.05) is 37.3 Å². The van der Waals surface area contributed by atoms with E-state index < -0.39 is 29.9 Å². The van der Waals surface area contributed by atoms with Crippen molar-refractivity contribution < 1.29 is 19.5 Å². The molecular weight excluding hydrogens is 627 g/mol. The van der Waals surface area contributed by atoms with Crippen molar-refractivity contribution in [1.82, 2.24) is 4.90 Å². The van der Waals surface area contributed by atoms with E-state index in [4.69, 9.17) is 11.6 Å². The molecule has 4 aromatic rings. The lowest BCUT2D eigenvalue weighted by Crippen LogP contribution is -2.46. The summed E-state index contributed by atoms with van der Waals surface area (Å²) >= 11 is 8.27. The Kier molecular flexibility index (Phi) is 7.72. The Bertz CT molecular complexity index is 1540. The topological polar surface area (TPSA) is 77.9 Å². The molecule has 1 aliphatic heterocycles. The van der Waals surface area contributed by atoms with Gasteiger partial charge in [-0.25, -0.2) is 4.79 Å². The maximum atomic E-state index is 14.6. The number of fused-ring (bicyclic) bond motifs is 1. The second kappa shape index (κ2) is 11.2. The summed E-state index contributed by atoms with van der Waals surface area (Å²) in [6.07, 6.45) is 0. The first-order chi connectivity index (χ1) is 18.7. The van der Waals surface area contributed by atoms with E-state index in [0.29, 0.717) is 21.8 Å². The highest BCUT2D eigenvalue weighted by atomic mass is 127. The number of hydrogen-bond acceptors (Lipinski definition) is 3. The van der Waals surface area contributed by atoms with Gasteiger partial charge in [0.15, 0.2) is 6.04 Å². The number of aryl methyl sites for hydroxylation is 1. The van der Waals surface area contributed by atoms with Crippen LogP contribution in [-0.4, -0.2) is 27.8 Å². The highest BCUT2D eigenvalue weighted by molar-refractivity contribution is 14.1. The van der Waals surface area contributed by atoms with Crippen molar-refractivity contribution in [1.29, 1.82) is 0 Å². The van der Waals surface area contributed by atoms with E-state index in [2.05, 4.69) is 22.6 Å². The maximum absolute atomic E-state index is 14.6. The molecule has 8 heteroatoms. The molecule has 0 fully saturated rings. The van der Waals surface area contributed by atoms with Gasteiger partial charge in [0, 0.05) is 8.59 Å². The van der Waals surface area contributed by atoms with Crippen molar-refractivity contribution in [3.05, 3.63) is 133 Å². The molecule has 5 rings (SSSR count).